The number of benzene rings is 3. The van der Waals surface area contributed by atoms with Gasteiger partial charge < -0.3 is 16.4 Å². The molecule has 162 valence electrons. The molecular formula is C25H21F2N3O2. The maximum atomic E-state index is 13.4. The number of carbonyl (C=O) groups is 2. The van der Waals surface area contributed by atoms with Gasteiger partial charge in [-0.15, -0.1) is 0 Å². The van der Waals surface area contributed by atoms with E-state index in [9.17, 15) is 18.4 Å². The average molecular weight is 433 g/mol. The number of amides is 2. The molecule has 1 saturated carbocycles. The summed E-state index contributed by atoms with van der Waals surface area (Å²) in [5, 5.41) is 5.53. The van der Waals surface area contributed by atoms with Gasteiger partial charge in [0.2, 0.25) is 0 Å². The largest absolute Gasteiger partial charge is 0.397 e. The summed E-state index contributed by atoms with van der Waals surface area (Å²) in [5.41, 5.74) is 8.25. The van der Waals surface area contributed by atoms with Gasteiger partial charge in [0.1, 0.15) is 11.6 Å². The van der Waals surface area contributed by atoms with Crippen LogP contribution in [0.15, 0.2) is 66.7 Å². The van der Waals surface area contributed by atoms with Crippen LogP contribution < -0.4 is 16.4 Å². The molecule has 1 aliphatic rings. The molecule has 0 heterocycles. The molecule has 1 fully saturated rings. The van der Waals surface area contributed by atoms with E-state index < -0.39 is 11.7 Å². The van der Waals surface area contributed by atoms with Crippen LogP contribution in [0.4, 0.5) is 20.2 Å². The van der Waals surface area contributed by atoms with Gasteiger partial charge in [-0.1, -0.05) is 24.3 Å². The number of rotatable bonds is 6. The quantitative estimate of drug-likeness (QED) is 0.301. The summed E-state index contributed by atoms with van der Waals surface area (Å²) in [7, 11) is 0. The summed E-state index contributed by atoms with van der Waals surface area (Å²) >= 11 is 0. The summed E-state index contributed by atoms with van der Waals surface area (Å²) in [5.74, 6) is -1.57. The number of hydrogen-bond donors (Lipinski definition) is 3. The van der Waals surface area contributed by atoms with E-state index in [0.29, 0.717) is 22.3 Å². The van der Waals surface area contributed by atoms with Crippen LogP contribution in [0.25, 0.3) is 11.6 Å². The minimum Gasteiger partial charge on any atom is -0.397 e. The number of anilines is 2. The molecule has 0 spiro atoms. The van der Waals surface area contributed by atoms with Crippen LogP contribution in [-0.4, -0.2) is 17.9 Å². The van der Waals surface area contributed by atoms with Crippen LogP contribution in [0.1, 0.15) is 34.3 Å². The van der Waals surface area contributed by atoms with Crippen molar-refractivity contribution in [3.05, 3.63) is 95.1 Å². The Bertz CT molecular complexity index is 1180. The van der Waals surface area contributed by atoms with Gasteiger partial charge in [0.05, 0.1) is 11.4 Å². The van der Waals surface area contributed by atoms with Crippen molar-refractivity contribution >= 4 is 34.8 Å². The average Bonchev–Trinajstić information content (AvgIpc) is 3.59. The van der Waals surface area contributed by atoms with Crippen LogP contribution in [0.5, 0.6) is 0 Å². The highest BCUT2D eigenvalue weighted by Gasteiger charge is 2.25. The van der Waals surface area contributed by atoms with Crippen molar-refractivity contribution in [2.45, 2.75) is 18.9 Å². The first-order valence-electron chi connectivity index (χ1n) is 10.1. The maximum Gasteiger partial charge on any atom is 0.255 e. The topological polar surface area (TPSA) is 84.2 Å². The second-order valence-corrected chi connectivity index (χ2v) is 7.62. The van der Waals surface area contributed by atoms with Crippen LogP contribution in [-0.2, 0) is 4.79 Å². The molecule has 0 aromatic heterocycles. The molecule has 5 nitrogen and oxygen atoms in total. The summed E-state index contributed by atoms with van der Waals surface area (Å²) in [6.07, 6.45) is 3.58. The van der Waals surface area contributed by atoms with Gasteiger partial charge in [0, 0.05) is 17.2 Å². The number of carbonyl (C=O) groups excluding carboxylic acids is 2. The van der Waals surface area contributed by atoms with E-state index in [1.807, 2.05) is 0 Å². The highest BCUT2D eigenvalue weighted by Crippen LogP contribution is 2.24. The summed E-state index contributed by atoms with van der Waals surface area (Å²) in [4.78, 5) is 25.2. The molecule has 0 saturated heterocycles. The van der Waals surface area contributed by atoms with Gasteiger partial charge in [0.15, 0.2) is 0 Å². The fourth-order valence-electron chi connectivity index (χ4n) is 3.13. The third-order valence-corrected chi connectivity index (χ3v) is 5.06. The minimum atomic E-state index is -0.507. The molecular weight excluding hydrogens is 412 g/mol. The Labute approximate surface area is 183 Å². The number of nitrogens with two attached hydrogens (primary N) is 1. The van der Waals surface area contributed by atoms with E-state index in [0.717, 1.165) is 18.9 Å². The van der Waals surface area contributed by atoms with Gasteiger partial charge >= 0.3 is 0 Å². The third-order valence-electron chi connectivity index (χ3n) is 5.06. The Balaban J connectivity index is 1.56. The van der Waals surface area contributed by atoms with Gasteiger partial charge in [-0.05, 0) is 72.5 Å². The number of nitrogen functional groups attached to an aromatic ring is 1. The van der Waals surface area contributed by atoms with E-state index in [1.165, 1.54) is 24.3 Å². The van der Waals surface area contributed by atoms with Crippen molar-refractivity contribution in [2.24, 2.45) is 0 Å². The molecule has 1 aliphatic carbocycles. The van der Waals surface area contributed by atoms with Crippen LogP contribution >= 0.6 is 0 Å². The smallest absolute Gasteiger partial charge is 0.255 e. The summed E-state index contributed by atoms with van der Waals surface area (Å²) < 4.78 is 26.8. The lowest BCUT2D eigenvalue weighted by molar-refractivity contribution is -0.115. The highest BCUT2D eigenvalue weighted by atomic mass is 19.1. The first kappa shape index (κ1) is 21.2. The summed E-state index contributed by atoms with van der Waals surface area (Å²) in [6.45, 7) is 0. The zero-order chi connectivity index (χ0) is 22.7. The second-order valence-electron chi connectivity index (χ2n) is 7.62. The molecule has 0 unspecified atom stereocenters. The highest BCUT2D eigenvalue weighted by molar-refractivity contribution is 6.24. The van der Waals surface area contributed by atoms with Crippen molar-refractivity contribution in [3.63, 3.8) is 0 Å². The van der Waals surface area contributed by atoms with Crippen molar-refractivity contribution in [1.29, 1.82) is 0 Å². The Hall–Kier alpha value is -4.00. The molecule has 32 heavy (non-hydrogen) atoms. The zero-order valence-electron chi connectivity index (χ0n) is 17.1. The predicted molar refractivity (Wildman–Crippen MR) is 121 cm³/mol. The fourth-order valence-corrected chi connectivity index (χ4v) is 3.13. The molecule has 0 radical (unpaired) electrons. The van der Waals surface area contributed by atoms with Crippen molar-refractivity contribution in [2.75, 3.05) is 11.1 Å². The van der Waals surface area contributed by atoms with E-state index in [1.54, 1.807) is 42.5 Å². The van der Waals surface area contributed by atoms with Crippen molar-refractivity contribution < 1.29 is 18.4 Å². The molecule has 2 amide bonds. The molecule has 3 aromatic rings. The van der Waals surface area contributed by atoms with Crippen LogP contribution in [0.2, 0.25) is 0 Å². The molecule has 4 rings (SSSR count). The van der Waals surface area contributed by atoms with E-state index in [-0.39, 0.29) is 29.1 Å². The number of nitrogens with one attached hydrogen (secondary N) is 2. The molecule has 0 aliphatic heterocycles. The van der Waals surface area contributed by atoms with Crippen molar-refractivity contribution in [3.8, 4) is 0 Å². The standard InChI is InChI=1S/C25H21F2N3O2/c26-18-7-5-16(6-8-18)21(25(32)29-20-10-11-20)13-15-1-3-17(4-2-15)24(31)30-23-14-19(27)9-12-22(23)28/h1-9,12-14,20H,10-11,28H2,(H,29,32)(H,30,31)/b21-13+. The van der Waals surface area contributed by atoms with Gasteiger partial charge in [-0.25, -0.2) is 8.78 Å². The molecule has 3 aromatic carbocycles. The molecule has 4 N–H and O–H groups in total. The molecule has 7 heteroatoms. The Morgan fingerprint density at radius 2 is 1.50 bits per heavy atom. The molecule has 0 atom stereocenters. The van der Waals surface area contributed by atoms with Crippen LogP contribution in [0, 0.1) is 11.6 Å². The van der Waals surface area contributed by atoms with E-state index in [4.69, 9.17) is 5.73 Å². The lowest BCUT2D eigenvalue weighted by Crippen LogP contribution is -2.26. The first-order valence-corrected chi connectivity index (χ1v) is 10.1. The number of halogens is 2. The fraction of sp³-hybridized carbons (Fsp3) is 0.120. The maximum absolute atomic E-state index is 13.4. The van der Waals surface area contributed by atoms with Crippen molar-refractivity contribution in [1.82, 2.24) is 5.32 Å². The second kappa shape index (κ2) is 9.01. The Morgan fingerprint density at radius 1 is 0.875 bits per heavy atom. The normalized spacial score (nSPS) is 13.5. The SMILES string of the molecule is Nc1ccc(F)cc1NC(=O)c1ccc(/C=C(/C(=O)NC2CC2)c2ccc(F)cc2)cc1. The summed E-state index contributed by atoms with van der Waals surface area (Å²) in [6, 6.07) is 16.2. The lowest BCUT2D eigenvalue weighted by atomic mass is 10.0. The van der Waals surface area contributed by atoms with Gasteiger partial charge in [-0.3, -0.25) is 9.59 Å². The predicted octanol–water partition coefficient (Wildman–Crippen LogP) is 4.62. The Kier molecular flexibility index (Phi) is 5.98. The van der Waals surface area contributed by atoms with Gasteiger partial charge in [-0.2, -0.15) is 0 Å². The monoisotopic (exact) mass is 433 g/mol. The Morgan fingerprint density at radius 3 is 2.16 bits per heavy atom. The number of hydrogen-bond acceptors (Lipinski definition) is 3. The third kappa shape index (κ3) is 5.18. The van der Waals surface area contributed by atoms with E-state index in [2.05, 4.69) is 10.6 Å². The van der Waals surface area contributed by atoms with Crippen LogP contribution in [0.3, 0.4) is 0 Å². The first-order chi connectivity index (χ1) is 15.4. The van der Waals surface area contributed by atoms with E-state index >= 15 is 0 Å². The van der Waals surface area contributed by atoms with Gasteiger partial charge in [0.25, 0.3) is 11.8 Å². The lowest BCUT2D eigenvalue weighted by Gasteiger charge is -2.10. The molecule has 0 bridgehead atoms. The minimum absolute atomic E-state index is 0.174. The zero-order valence-corrected chi connectivity index (χ0v) is 17.1.